The van der Waals surface area contributed by atoms with E-state index in [0.29, 0.717) is 5.57 Å². The van der Waals surface area contributed by atoms with E-state index in [4.69, 9.17) is 9.16 Å². The summed E-state index contributed by atoms with van der Waals surface area (Å²) in [5.74, 6) is -0.643. The van der Waals surface area contributed by atoms with Crippen molar-refractivity contribution in [2.24, 2.45) is 0 Å². The molecule has 0 aliphatic carbocycles. The van der Waals surface area contributed by atoms with Crippen LogP contribution in [0.3, 0.4) is 0 Å². The summed E-state index contributed by atoms with van der Waals surface area (Å²) >= 11 is 0. The molecular weight excluding hydrogens is 455 g/mol. The molecule has 0 aromatic heterocycles. The summed E-state index contributed by atoms with van der Waals surface area (Å²) < 4.78 is 25.6. The number of ether oxygens (including phenoxy) is 1. The fourth-order valence-corrected chi connectivity index (χ4v) is 7.44. The molecule has 0 saturated heterocycles. The molecular formula is C30H51FO3Si. The first-order valence-electron chi connectivity index (χ1n) is 14.2. The lowest BCUT2D eigenvalue weighted by Gasteiger charge is -2.34. The van der Waals surface area contributed by atoms with Crippen molar-refractivity contribution in [2.75, 3.05) is 7.11 Å². The van der Waals surface area contributed by atoms with Crippen LogP contribution in [0.1, 0.15) is 116 Å². The summed E-state index contributed by atoms with van der Waals surface area (Å²) in [6.07, 6.45) is 16.5. The molecule has 3 nitrogen and oxygen atoms in total. The number of unbranched alkanes of at least 4 members (excludes halogenated alkanes) is 11. The van der Waals surface area contributed by atoms with Crippen LogP contribution in [0.15, 0.2) is 35.9 Å². The highest BCUT2D eigenvalue weighted by Gasteiger charge is 2.35. The number of hydrogen-bond donors (Lipinski definition) is 0. The first-order valence-corrected chi connectivity index (χ1v) is 16.7. The van der Waals surface area contributed by atoms with Crippen molar-refractivity contribution in [3.63, 3.8) is 0 Å². The molecule has 0 fully saturated rings. The third-order valence-electron chi connectivity index (χ3n) is 7.35. The molecule has 0 heterocycles. The fraction of sp³-hybridized carbons (Fsp3) is 0.700. The molecule has 0 spiro atoms. The van der Waals surface area contributed by atoms with Gasteiger partial charge < -0.3 is 9.16 Å². The molecule has 0 aliphatic heterocycles. The Kier molecular flexibility index (Phi) is 16.9. The number of halogens is 1. The molecule has 0 N–H and O–H groups in total. The molecule has 0 bridgehead atoms. The largest absolute Gasteiger partial charge is 0.466 e. The van der Waals surface area contributed by atoms with Crippen molar-refractivity contribution in [2.45, 2.75) is 129 Å². The molecule has 200 valence electrons. The SMILES string of the molecule is CCCCCCCCCCCCC/C=C(/C(=O)OC)C(O[Si](CC)(CC)CC)c1ccc(F)cc1. The normalized spacial score (nSPS) is 13.1. The fourth-order valence-electron chi connectivity index (χ4n) is 4.68. The van der Waals surface area contributed by atoms with Crippen molar-refractivity contribution in [1.29, 1.82) is 0 Å². The Morgan fingerprint density at radius 1 is 0.829 bits per heavy atom. The van der Waals surface area contributed by atoms with Gasteiger partial charge in [0.2, 0.25) is 0 Å². The second kappa shape index (κ2) is 18.8. The van der Waals surface area contributed by atoms with E-state index in [9.17, 15) is 9.18 Å². The molecule has 1 rings (SSSR count). The number of carbonyl (C=O) groups is 1. The van der Waals surface area contributed by atoms with E-state index in [-0.39, 0.29) is 11.8 Å². The smallest absolute Gasteiger partial charge is 0.336 e. The average molecular weight is 507 g/mol. The first-order chi connectivity index (χ1) is 17.0. The second-order valence-electron chi connectivity index (χ2n) is 9.77. The molecule has 1 unspecified atom stereocenters. The van der Waals surface area contributed by atoms with Gasteiger partial charge in [-0.1, -0.05) is 110 Å². The van der Waals surface area contributed by atoms with Gasteiger partial charge in [0.15, 0.2) is 8.32 Å². The quantitative estimate of drug-likeness (QED) is 0.0764. The molecule has 1 aromatic carbocycles. The van der Waals surface area contributed by atoms with Gasteiger partial charge in [0.1, 0.15) is 11.9 Å². The predicted octanol–water partition coefficient (Wildman–Crippen LogP) is 9.69. The number of methoxy groups -OCH3 is 1. The average Bonchev–Trinajstić information content (AvgIpc) is 2.89. The number of allylic oxidation sites excluding steroid dienone is 1. The minimum atomic E-state index is -2.02. The van der Waals surface area contributed by atoms with E-state index in [2.05, 4.69) is 27.7 Å². The van der Waals surface area contributed by atoms with Crippen molar-refractivity contribution in [3.05, 3.63) is 47.3 Å². The Balaban J connectivity index is 2.77. The molecule has 5 heteroatoms. The van der Waals surface area contributed by atoms with Crippen molar-refractivity contribution < 1.29 is 18.3 Å². The van der Waals surface area contributed by atoms with Crippen LogP contribution in [0.25, 0.3) is 0 Å². The zero-order valence-corrected chi connectivity index (χ0v) is 24.2. The van der Waals surface area contributed by atoms with Crippen LogP contribution in [-0.2, 0) is 14.0 Å². The van der Waals surface area contributed by atoms with Gasteiger partial charge in [0.25, 0.3) is 0 Å². The molecule has 35 heavy (non-hydrogen) atoms. The van der Waals surface area contributed by atoms with Gasteiger partial charge >= 0.3 is 5.97 Å². The Morgan fingerprint density at radius 3 is 1.77 bits per heavy atom. The van der Waals surface area contributed by atoms with Crippen LogP contribution in [0.5, 0.6) is 0 Å². The van der Waals surface area contributed by atoms with Crippen LogP contribution in [0.4, 0.5) is 4.39 Å². The minimum absolute atomic E-state index is 0.290. The van der Waals surface area contributed by atoms with Gasteiger partial charge in [-0.25, -0.2) is 9.18 Å². The van der Waals surface area contributed by atoms with Gasteiger partial charge in [-0.05, 0) is 48.7 Å². The molecule has 0 saturated carbocycles. The van der Waals surface area contributed by atoms with Crippen molar-refractivity contribution in [3.8, 4) is 0 Å². The van der Waals surface area contributed by atoms with Gasteiger partial charge in [-0.2, -0.15) is 0 Å². The van der Waals surface area contributed by atoms with Gasteiger partial charge in [-0.3, -0.25) is 0 Å². The van der Waals surface area contributed by atoms with Gasteiger partial charge in [0, 0.05) is 0 Å². The van der Waals surface area contributed by atoms with Gasteiger partial charge in [0.05, 0.1) is 12.7 Å². The summed E-state index contributed by atoms with van der Waals surface area (Å²) in [5, 5.41) is 0. The molecule has 0 radical (unpaired) electrons. The van der Waals surface area contributed by atoms with Crippen LogP contribution < -0.4 is 0 Å². The van der Waals surface area contributed by atoms with E-state index in [1.807, 2.05) is 6.08 Å². The van der Waals surface area contributed by atoms with E-state index < -0.39 is 14.4 Å². The van der Waals surface area contributed by atoms with Gasteiger partial charge in [-0.15, -0.1) is 0 Å². The summed E-state index contributed by atoms with van der Waals surface area (Å²) in [4.78, 5) is 12.8. The standard InChI is InChI=1S/C30H51FO3Si/c1-6-10-11-12-13-14-15-16-17-18-19-20-21-28(30(32)33-5)29(26-22-24-27(31)25-23-26)34-35(7-2,8-3)9-4/h21-25,29H,6-20H2,1-5H3/b28-21+. The first kappa shape index (κ1) is 31.6. The summed E-state index contributed by atoms with van der Waals surface area (Å²) in [7, 11) is -0.604. The number of hydrogen-bond acceptors (Lipinski definition) is 3. The van der Waals surface area contributed by atoms with Crippen molar-refractivity contribution >= 4 is 14.3 Å². The third-order valence-corrected chi connectivity index (χ3v) is 12.0. The predicted molar refractivity (Wildman–Crippen MR) is 149 cm³/mol. The third kappa shape index (κ3) is 11.9. The summed E-state index contributed by atoms with van der Waals surface area (Å²) in [6.45, 7) is 8.78. The highest BCUT2D eigenvalue weighted by atomic mass is 28.4. The second-order valence-corrected chi connectivity index (χ2v) is 14.5. The maximum absolute atomic E-state index is 13.6. The van der Waals surface area contributed by atoms with E-state index in [0.717, 1.165) is 36.5 Å². The highest BCUT2D eigenvalue weighted by Crippen LogP contribution is 2.35. The zero-order valence-electron chi connectivity index (χ0n) is 23.2. The number of carbonyl (C=O) groups excluding carboxylic acids is 1. The summed E-state index contributed by atoms with van der Waals surface area (Å²) in [6, 6.07) is 9.29. The number of esters is 1. The highest BCUT2D eigenvalue weighted by molar-refractivity contribution is 6.73. The lowest BCUT2D eigenvalue weighted by atomic mass is 9.99. The zero-order chi connectivity index (χ0) is 25.9. The van der Waals surface area contributed by atoms with Crippen LogP contribution >= 0.6 is 0 Å². The van der Waals surface area contributed by atoms with Crippen LogP contribution in [0, 0.1) is 5.82 Å². The number of rotatable bonds is 20. The van der Waals surface area contributed by atoms with E-state index >= 15 is 0 Å². The van der Waals surface area contributed by atoms with Crippen LogP contribution in [-0.4, -0.2) is 21.4 Å². The Labute approximate surface area is 216 Å². The molecule has 0 aliphatic rings. The maximum Gasteiger partial charge on any atom is 0.336 e. The Bertz CT molecular complexity index is 705. The summed E-state index contributed by atoms with van der Waals surface area (Å²) in [5.41, 5.74) is 1.37. The molecule has 1 atom stereocenters. The Hall–Kier alpha value is -1.46. The van der Waals surface area contributed by atoms with E-state index in [1.54, 1.807) is 12.1 Å². The minimum Gasteiger partial charge on any atom is -0.466 e. The Morgan fingerprint density at radius 2 is 1.31 bits per heavy atom. The molecule has 0 amide bonds. The monoisotopic (exact) mass is 506 g/mol. The number of benzene rings is 1. The van der Waals surface area contributed by atoms with E-state index in [1.165, 1.54) is 83.5 Å². The topological polar surface area (TPSA) is 35.5 Å². The van der Waals surface area contributed by atoms with Crippen LogP contribution in [0.2, 0.25) is 18.1 Å². The van der Waals surface area contributed by atoms with Crippen molar-refractivity contribution in [1.82, 2.24) is 0 Å². The molecule has 1 aromatic rings. The lowest BCUT2D eigenvalue weighted by molar-refractivity contribution is -0.137. The lowest BCUT2D eigenvalue weighted by Crippen LogP contribution is -2.38. The maximum atomic E-state index is 13.6.